The van der Waals surface area contributed by atoms with Gasteiger partial charge in [-0.3, -0.25) is 4.57 Å². The molecule has 1 N–H and O–H groups in total. The lowest BCUT2D eigenvalue weighted by Crippen LogP contribution is -2.08. The van der Waals surface area contributed by atoms with Crippen LogP contribution in [0, 0.1) is 5.82 Å². The number of hydrogen-bond acceptors (Lipinski definition) is 5. The summed E-state index contributed by atoms with van der Waals surface area (Å²) in [4.78, 5) is 8.20. The van der Waals surface area contributed by atoms with Crippen molar-refractivity contribution in [1.29, 1.82) is 0 Å². The number of hydrogen-bond donors (Lipinski definition) is 1. The molecule has 4 aromatic rings. The zero-order valence-electron chi connectivity index (χ0n) is 12.6. The van der Waals surface area contributed by atoms with E-state index in [0.717, 1.165) is 11.5 Å². The summed E-state index contributed by atoms with van der Waals surface area (Å²) in [6.07, 6.45) is 3.00. The highest BCUT2D eigenvalue weighted by Gasteiger charge is 2.10. The minimum absolute atomic E-state index is 0.291. The summed E-state index contributed by atoms with van der Waals surface area (Å²) in [6.45, 7) is 0.400. The van der Waals surface area contributed by atoms with Crippen molar-refractivity contribution in [2.24, 2.45) is 0 Å². The summed E-state index contributed by atoms with van der Waals surface area (Å²) >= 11 is 0. The first-order chi connectivity index (χ1) is 11.8. The number of rotatable bonds is 4. The van der Waals surface area contributed by atoms with Crippen LogP contribution in [0.1, 0.15) is 5.82 Å². The molecule has 0 spiro atoms. The van der Waals surface area contributed by atoms with Gasteiger partial charge in [0.25, 0.3) is 0 Å². The summed E-state index contributed by atoms with van der Waals surface area (Å²) in [5.74, 6) is 0.914. The second-order valence-corrected chi connectivity index (χ2v) is 5.16. The SMILES string of the molecule is Fc1cccc2c(NCc3nncn3-c3ccccc3)ncnc12. The molecule has 2 heterocycles. The summed E-state index contributed by atoms with van der Waals surface area (Å²) in [6, 6.07) is 14.6. The van der Waals surface area contributed by atoms with E-state index in [0.29, 0.717) is 23.3 Å². The number of para-hydroxylation sites is 2. The molecule has 0 saturated carbocycles. The number of aromatic nitrogens is 5. The topological polar surface area (TPSA) is 68.5 Å². The lowest BCUT2D eigenvalue weighted by atomic mass is 10.2. The highest BCUT2D eigenvalue weighted by Crippen LogP contribution is 2.21. The van der Waals surface area contributed by atoms with Crippen LogP contribution in [0.25, 0.3) is 16.6 Å². The zero-order chi connectivity index (χ0) is 16.4. The van der Waals surface area contributed by atoms with E-state index >= 15 is 0 Å². The molecule has 6 nitrogen and oxygen atoms in total. The first-order valence-corrected chi connectivity index (χ1v) is 7.40. The van der Waals surface area contributed by atoms with E-state index in [-0.39, 0.29) is 5.82 Å². The first kappa shape index (κ1) is 14.3. The van der Waals surface area contributed by atoms with Gasteiger partial charge in [0.15, 0.2) is 5.82 Å². The van der Waals surface area contributed by atoms with Crippen molar-refractivity contribution in [1.82, 2.24) is 24.7 Å². The van der Waals surface area contributed by atoms with Crippen molar-refractivity contribution < 1.29 is 4.39 Å². The fraction of sp³-hybridized carbons (Fsp3) is 0.0588. The van der Waals surface area contributed by atoms with Crippen LogP contribution in [-0.4, -0.2) is 24.7 Å². The van der Waals surface area contributed by atoms with Gasteiger partial charge in [-0.05, 0) is 24.3 Å². The van der Waals surface area contributed by atoms with E-state index in [2.05, 4.69) is 25.5 Å². The van der Waals surface area contributed by atoms with Crippen molar-refractivity contribution in [3.05, 3.63) is 72.8 Å². The minimum atomic E-state index is -0.370. The lowest BCUT2D eigenvalue weighted by molar-refractivity contribution is 0.636. The monoisotopic (exact) mass is 320 g/mol. The predicted molar refractivity (Wildman–Crippen MR) is 88.2 cm³/mol. The van der Waals surface area contributed by atoms with Crippen LogP contribution in [0.3, 0.4) is 0 Å². The first-order valence-electron chi connectivity index (χ1n) is 7.40. The van der Waals surface area contributed by atoms with Crippen molar-refractivity contribution in [3.8, 4) is 5.69 Å². The molecule has 0 bridgehead atoms. The van der Waals surface area contributed by atoms with Crippen molar-refractivity contribution in [3.63, 3.8) is 0 Å². The number of nitrogens with one attached hydrogen (secondary N) is 1. The predicted octanol–water partition coefficient (Wildman–Crippen LogP) is 2.96. The average Bonchev–Trinajstić information content (AvgIpc) is 3.10. The van der Waals surface area contributed by atoms with E-state index in [1.807, 2.05) is 34.9 Å². The third-order valence-corrected chi connectivity index (χ3v) is 3.68. The molecule has 0 amide bonds. The molecule has 0 atom stereocenters. The maximum Gasteiger partial charge on any atom is 0.156 e. The van der Waals surface area contributed by atoms with Gasteiger partial charge in [0.1, 0.15) is 29.8 Å². The molecule has 2 aromatic heterocycles. The Morgan fingerprint density at radius 2 is 1.88 bits per heavy atom. The Hall–Kier alpha value is -3.35. The summed E-state index contributed by atoms with van der Waals surface area (Å²) < 4.78 is 15.7. The summed E-state index contributed by atoms with van der Waals surface area (Å²) in [7, 11) is 0. The Kier molecular flexibility index (Phi) is 3.59. The normalized spacial score (nSPS) is 10.9. The molecule has 2 aromatic carbocycles. The molecule has 7 heteroatoms. The maximum atomic E-state index is 13.8. The third-order valence-electron chi connectivity index (χ3n) is 3.68. The Morgan fingerprint density at radius 1 is 1.00 bits per heavy atom. The van der Waals surface area contributed by atoms with Gasteiger partial charge in [0.05, 0.1) is 6.54 Å². The molecular formula is C17H13FN6. The van der Waals surface area contributed by atoms with Gasteiger partial charge in [-0.2, -0.15) is 0 Å². The smallest absolute Gasteiger partial charge is 0.156 e. The third kappa shape index (κ3) is 2.56. The zero-order valence-corrected chi connectivity index (χ0v) is 12.6. The van der Waals surface area contributed by atoms with E-state index in [1.165, 1.54) is 12.4 Å². The van der Waals surface area contributed by atoms with Gasteiger partial charge in [0, 0.05) is 11.1 Å². The summed E-state index contributed by atoms with van der Waals surface area (Å²) in [5.41, 5.74) is 1.26. The maximum absolute atomic E-state index is 13.8. The molecular weight excluding hydrogens is 307 g/mol. The second-order valence-electron chi connectivity index (χ2n) is 5.16. The molecule has 0 aliphatic rings. The van der Waals surface area contributed by atoms with Gasteiger partial charge in [-0.1, -0.05) is 24.3 Å². The highest BCUT2D eigenvalue weighted by atomic mass is 19.1. The molecule has 0 aliphatic heterocycles. The molecule has 0 radical (unpaired) electrons. The molecule has 0 aliphatic carbocycles. The van der Waals surface area contributed by atoms with E-state index < -0.39 is 0 Å². The van der Waals surface area contributed by atoms with Crippen LogP contribution < -0.4 is 5.32 Å². The highest BCUT2D eigenvalue weighted by molar-refractivity contribution is 5.89. The molecule has 0 fully saturated rings. The van der Waals surface area contributed by atoms with Gasteiger partial charge in [0.2, 0.25) is 0 Å². The Labute approximate surface area is 137 Å². The molecule has 0 saturated heterocycles. The van der Waals surface area contributed by atoms with Gasteiger partial charge in [-0.25, -0.2) is 14.4 Å². The van der Waals surface area contributed by atoms with Crippen LogP contribution >= 0.6 is 0 Å². The number of anilines is 1. The van der Waals surface area contributed by atoms with Crippen molar-refractivity contribution >= 4 is 16.7 Å². The van der Waals surface area contributed by atoms with E-state index in [1.54, 1.807) is 18.5 Å². The fourth-order valence-electron chi connectivity index (χ4n) is 2.54. The largest absolute Gasteiger partial charge is 0.362 e. The van der Waals surface area contributed by atoms with E-state index in [4.69, 9.17) is 0 Å². The standard InChI is InChI=1S/C17H13FN6/c18-14-8-4-7-13-16(14)20-10-21-17(13)19-9-15-23-22-11-24(15)12-5-2-1-3-6-12/h1-8,10-11H,9H2,(H,19,20,21). The van der Waals surface area contributed by atoms with Crippen LogP contribution in [0.4, 0.5) is 10.2 Å². The molecule has 24 heavy (non-hydrogen) atoms. The van der Waals surface area contributed by atoms with Crippen molar-refractivity contribution in [2.45, 2.75) is 6.54 Å². The average molecular weight is 320 g/mol. The molecule has 118 valence electrons. The Morgan fingerprint density at radius 3 is 2.75 bits per heavy atom. The number of halogens is 1. The van der Waals surface area contributed by atoms with Crippen LogP contribution in [0.15, 0.2) is 61.2 Å². The van der Waals surface area contributed by atoms with Gasteiger partial charge >= 0.3 is 0 Å². The van der Waals surface area contributed by atoms with Crippen molar-refractivity contribution in [2.75, 3.05) is 5.32 Å². The minimum Gasteiger partial charge on any atom is -0.362 e. The Balaban J connectivity index is 1.63. The van der Waals surface area contributed by atoms with E-state index in [9.17, 15) is 4.39 Å². The molecule has 4 rings (SSSR count). The number of nitrogens with zero attached hydrogens (tertiary/aromatic N) is 5. The number of benzene rings is 2. The van der Waals surface area contributed by atoms with Gasteiger partial charge in [-0.15, -0.1) is 10.2 Å². The van der Waals surface area contributed by atoms with Crippen LogP contribution in [0.2, 0.25) is 0 Å². The number of fused-ring (bicyclic) bond motifs is 1. The Bertz CT molecular complexity index is 983. The summed E-state index contributed by atoms with van der Waals surface area (Å²) in [5, 5.41) is 11.9. The van der Waals surface area contributed by atoms with Crippen LogP contribution in [0.5, 0.6) is 0 Å². The quantitative estimate of drug-likeness (QED) is 0.626. The van der Waals surface area contributed by atoms with Crippen LogP contribution in [-0.2, 0) is 6.54 Å². The fourth-order valence-corrected chi connectivity index (χ4v) is 2.54. The second kappa shape index (κ2) is 6.04. The van der Waals surface area contributed by atoms with Gasteiger partial charge < -0.3 is 5.32 Å². The lowest BCUT2D eigenvalue weighted by Gasteiger charge is -2.10. The molecule has 0 unspecified atom stereocenters.